The van der Waals surface area contributed by atoms with Gasteiger partial charge in [-0.2, -0.15) is 5.11 Å². The van der Waals surface area contributed by atoms with Gasteiger partial charge in [-0.15, -0.1) is 5.11 Å². The van der Waals surface area contributed by atoms with Crippen LogP contribution in [0.1, 0.15) is 71.1 Å². The van der Waals surface area contributed by atoms with Crippen LogP contribution in [0, 0.1) is 6.92 Å². The van der Waals surface area contributed by atoms with E-state index in [0.29, 0.717) is 27.8 Å². The third kappa shape index (κ3) is 10.3. The van der Waals surface area contributed by atoms with Gasteiger partial charge in [-0.1, -0.05) is 65.3 Å². The summed E-state index contributed by atoms with van der Waals surface area (Å²) in [5, 5.41) is 33.1. The van der Waals surface area contributed by atoms with Gasteiger partial charge in [0.05, 0.1) is 21.3 Å². The number of anilines is 2. The van der Waals surface area contributed by atoms with Gasteiger partial charge < -0.3 is 34.5 Å². The molecule has 15 heteroatoms. The summed E-state index contributed by atoms with van der Waals surface area (Å²) in [7, 11) is -1.43. The molecule has 12 nitrogen and oxygen atoms in total. The van der Waals surface area contributed by atoms with Gasteiger partial charge in [-0.05, 0) is 96.1 Å². The number of halogens is 1. The minimum Gasteiger partial charge on any atom is -0.744 e. The van der Waals surface area contributed by atoms with E-state index in [2.05, 4.69) is 63.2 Å². The van der Waals surface area contributed by atoms with E-state index in [-0.39, 0.29) is 74.9 Å². The number of nitrogens with one attached hydrogen (secondary N) is 1. The van der Waals surface area contributed by atoms with Crippen molar-refractivity contribution in [3.05, 3.63) is 94.5 Å². The number of carbonyl (C=O) groups is 1. The molecule has 0 heterocycles. The zero-order valence-corrected chi connectivity index (χ0v) is 38.1. The van der Waals surface area contributed by atoms with Gasteiger partial charge in [0.1, 0.15) is 33.1 Å². The Morgan fingerprint density at radius 2 is 1.53 bits per heavy atom. The molecule has 0 saturated heterocycles. The molecule has 302 valence electrons. The summed E-state index contributed by atoms with van der Waals surface area (Å²) in [6.07, 6.45) is 1.83. The Hall–Kier alpha value is -4.37. The topological polar surface area (TPSA) is 173 Å². The summed E-state index contributed by atoms with van der Waals surface area (Å²) in [6.45, 7) is 14.3. The Morgan fingerprint density at radius 1 is 0.879 bits per heavy atom. The van der Waals surface area contributed by atoms with Crippen LogP contribution < -0.4 is 49.2 Å². The molecule has 1 amide bonds. The van der Waals surface area contributed by atoms with Crippen LogP contribution in [0.15, 0.2) is 87.9 Å². The zero-order chi connectivity index (χ0) is 42.0. The molecule has 0 fully saturated rings. The second kappa shape index (κ2) is 18.3. The first-order valence-corrected chi connectivity index (χ1v) is 20.2. The summed E-state index contributed by atoms with van der Waals surface area (Å²) >= 11 is 6.47. The molecule has 5 aromatic carbocycles. The van der Waals surface area contributed by atoms with Crippen LogP contribution in [-0.4, -0.2) is 49.8 Å². The smallest absolute Gasteiger partial charge is 0.744 e. The van der Waals surface area contributed by atoms with Crippen LogP contribution in [-0.2, 0) is 25.7 Å². The Kier molecular flexibility index (Phi) is 14.6. The fourth-order valence-corrected chi connectivity index (χ4v) is 6.80. The average molecular weight is 839 g/mol. The molecule has 0 aliphatic heterocycles. The van der Waals surface area contributed by atoms with E-state index < -0.39 is 32.4 Å². The first kappa shape index (κ1) is 46.3. The number of amides is 1. The number of fused-ring (bicyclic) bond motifs is 1. The maximum Gasteiger partial charge on any atom is 1.00 e. The molecule has 0 spiro atoms. The van der Waals surface area contributed by atoms with Crippen LogP contribution in [0.25, 0.3) is 10.8 Å². The minimum atomic E-state index is -5.04. The summed E-state index contributed by atoms with van der Waals surface area (Å²) in [4.78, 5) is 14.3. The predicted octanol–water partition coefficient (Wildman–Crippen LogP) is 7.79. The molecule has 0 radical (unpaired) electrons. The van der Waals surface area contributed by atoms with Gasteiger partial charge in [-0.3, -0.25) is 4.79 Å². The fourth-order valence-electron chi connectivity index (χ4n) is 5.96. The van der Waals surface area contributed by atoms with Crippen molar-refractivity contribution in [1.29, 1.82) is 0 Å². The van der Waals surface area contributed by atoms with E-state index in [1.54, 1.807) is 56.3 Å². The number of ether oxygens (including phenoxy) is 2. The second-order valence-corrected chi connectivity index (χ2v) is 17.1. The summed E-state index contributed by atoms with van der Waals surface area (Å²) in [5.74, 6) is -0.177. The number of nitrogens with zero attached hydrogens (tertiary/aromatic N) is 3. The van der Waals surface area contributed by atoms with Gasteiger partial charge in [-0.25, -0.2) is 8.42 Å². The van der Waals surface area contributed by atoms with E-state index in [9.17, 15) is 28.0 Å². The number of benzene rings is 5. The van der Waals surface area contributed by atoms with Crippen LogP contribution in [0.4, 0.5) is 22.7 Å². The van der Waals surface area contributed by atoms with E-state index in [4.69, 9.17) is 21.1 Å². The third-order valence-electron chi connectivity index (χ3n) is 10.5. The molecule has 5 aromatic rings. The molecule has 0 aliphatic carbocycles. The van der Waals surface area contributed by atoms with E-state index >= 15 is 0 Å². The normalized spacial score (nSPS) is 12.1. The number of rotatable bonds is 14. The van der Waals surface area contributed by atoms with Crippen molar-refractivity contribution in [2.24, 2.45) is 10.2 Å². The molecule has 0 aromatic heterocycles. The molecular weight excluding hydrogens is 791 g/mol. The third-order valence-corrected chi connectivity index (χ3v) is 11.8. The van der Waals surface area contributed by atoms with Crippen LogP contribution in [0.5, 0.6) is 28.7 Å². The van der Waals surface area contributed by atoms with E-state index in [0.717, 1.165) is 24.1 Å². The number of hydrogen-bond acceptors (Lipinski definition) is 11. The molecule has 58 heavy (non-hydrogen) atoms. The van der Waals surface area contributed by atoms with Crippen LogP contribution >= 0.6 is 11.6 Å². The number of phenols is 2. The van der Waals surface area contributed by atoms with Gasteiger partial charge in [0, 0.05) is 42.4 Å². The van der Waals surface area contributed by atoms with Crippen molar-refractivity contribution in [2.45, 2.75) is 77.0 Å². The Morgan fingerprint density at radius 3 is 2.14 bits per heavy atom. The predicted molar refractivity (Wildman–Crippen MR) is 224 cm³/mol. The van der Waals surface area contributed by atoms with Crippen LogP contribution in [0.3, 0.4) is 0 Å². The summed E-state index contributed by atoms with van der Waals surface area (Å²) in [6, 6.07) is 19.9. The number of carbonyl (C=O) groups excluding carboxylic acids is 1. The average Bonchev–Trinajstić information content (AvgIpc) is 3.17. The van der Waals surface area contributed by atoms with Crippen molar-refractivity contribution >= 4 is 61.1 Å². The Labute approximate surface area is 367 Å². The second-order valence-electron chi connectivity index (χ2n) is 15.4. The monoisotopic (exact) mass is 838 g/mol. The largest absolute Gasteiger partial charge is 1.00 e. The fraction of sp³-hybridized carbons (Fsp3) is 0.326. The van der Waals surface area contributed by atoms with Gasteiger partial charge in [0.15, 0.2) is 18.1 Å². The first-order chi connectivity index (χ1) is 26.7. The molecule has 5 rings (SSSR count). The molecule has 0 saturated carbocycles. The zero-order valence-electron chi connectivity index (χ0n) is 34.5. The molecule has 0 bridgehead atoms. The first-order valence-electron chi connectivity index (χ1n) is 18.4. The molecule has 0 atom stereocenters. The Bertz CT molecular complexity index is 2470. The van der Waals surface area contributed by atoms with Gasteiger partial charge in [0.2, 0.25) is 0 Å². The van der Waals surface area contributed by atoms with Gasteiger partial charge in [0.25, 0.3) is 5.91 Å². The SMILES string of the molecule is CCC(C)(C)c1ccc(OCC(=O)Nc2cc(Oc3ccc(N=Nc4c(S(=O)(=O)[O-])cc5cc(N(C)C)ccc5c4O)cc3)c(C)c(Cl)c2O)c(C(C)(C)CC)c1.[Na+]. The van der Waals surface area contributed by atoms with Crippen molar-refractivity contribution < 1.29 is 67.0 Å². The Balaban J connectivity index is 0.00000744. The van der Waals surface area contributed by atoms with Crippen molar-refractivity contribution in [3.8, 4) is 28.7 Å². The van der Waals surface area contributed by atoms with Crippen molar-refractivity contribution in [3.63, 3.8) is 0 Å². The van der Waals surface area contributed by atoms with Crippen LogP contribution in [0.2, 0.25) is 5.02 Å². The van der Waals surface area contributed by atoms with E-state index in [1.165, 1.54) is 29.8 Å². The molecular formula is C43H48ClN4NaO8S. The summed E-state index contributed by atoms with van der Waals surface area (Å²) < 4.78 is 48.7. The van der Waals surface area contributed by atoms with E-state index in [1.807, 2.05) is 12.1 Å². The van der Waals surface area contributed by atoms with Crippen molar-refractivity contribution in [2.75, 3.05) is 30.9 Å². The number of hydrogen-bond donors (Lipinski definition) is 3. The maximum atomic E-state index is 13.2. The summed E-state index contributed by atoms with van der Waals surface area (Å²) in [5.41, 5.74) is 2.90. The quantitative estimate of drug-likeness (QED) is 0.0437. The number of azo groups is 1. The maximum absolute atomic E-state index is 13.2. The number of phenolic OH excluding ortho intramolecular Hbond substituents is 2. The number of aromatic hydroxyl groups is 2. The molecule has 0 aliphatic rings. The van der Waals surface area contributed by atoms with Gasteiger partial charge >= 0.3 is 29.6 Å². The standard InChI is InChI=1S/C43H49ClN4O8S.Na/c1-10-42(4,5)27-12-19-34(32(22-27)43(6,7)11-2)55-24-37(49)45-33-23-35(25(3)38(44)41(33)51)56-30-16-13-28(14-17-30)46-47-39-36(57(52,53)54)21-26-20-29(48(8)9)15-18-31(26)40(39)50;/h12-23,50-51H,10-11,24H2,1-9H3,(H,45,49)(H,52,53,54);/q;+1/p-1. The molecule has 0 unspecified atom stereocenters. The minimum absolute atomic E-state index is 0. The van der Waals surface area contributed by atoms with Crippen molar-refractivity contribution in [1.82, 2.24) is 0 Å². The molecule has 3 N–H and O–H groups in total.